The number of hydrogen-bond donors (Lipinski definition) is 2. The standard InChI is InChI=1S/C14H16BrClFN3O/c15-10-6-11(16)9(5-12(10)21)7-20-4-2-14(19,1-3-18)13(17)8-20/h5-6,13,21H,1-2,4,7-8,19H2. The Morgan fingerprint density at radius 2 is 2.33 bits per heavy atom. The Balaban J connectivity index is 2.07. The Morgan fingerprint density at radius 1 is 1.62 bits per heavy atom. The first-order valence-corrected chi connectivity index (χ1v) is 7.72. The highest BCUT2D eigenvalue weighted by atomic mass is 79.9. The fraction of sp³-hybridized carbons (Fsp3) is 0.500. The quantitative estimate of drug-likeness (QED) is 0.850. The van der Waals surface area contributed by atoms with Crippen LogP contribution in [0.4, 0.5) is 4.39 Å². The normalized spacial score (nSPS) is 26.5. The summed E-state index contributed by atoms with van der Waals surface area (Å²) in [5, 5.41) is 19.0. The first-order valence-electron chi connectivity index (χ1n) is 6.55. The molecule has 114 valence electrons. The Labute approximate surface area is 136 Å². The van der Waals surface area contributed by atoms with Crippen molar-refractivity contribution >= 4 is 27.5 Å². The highest BCUT2D eigenvalue weighted by molar-refractivity contribution is 9.10. The minimum Gasteiger partial charge on any atom is -0.507 e. The number of alkyl halides is 1. The summed E-state index contributed by atoms with van der Waals surface area (Å²) in [4.78, 5) is 1.89. The third-order valence-electron chi connectivity index (χ3n) is 3.85. The minimum absolute atomic E-state index is 0.0157. The summed E-state index contributed by atoms with van der Waals surface area (Å²) in [7, 11) is 0. The van der Waals surface area contributed by atoms with Gasteiger partial charge in [0.2, 0.25) is 0 Å². The number of piperidine rings is 1. The van der Waals surface area contributed by atoms with Gasteiger partial charge in [-0.2, -0.15) is 5.26 Å². The molecule has 1 saturated heterocycles. The zero-order valence-corrected chi connectivity index (χ0v) is 13.7. The van der Waals surface area contributed by atoms with Crippen LogP contribution in [0.25, 0.3) is 0 Å². The van der Waals surface area contributed by atoms with Gasteiger partial charge in [0.1, 0.15) is 11.9 Å². The molecule has 1 aliphatic rings. The van der Waals surface area contributed by atoms with Crippen LogP contribution in [0, 0.1) is 11.3 Å². The van der Waals surface area contributed by atoms with Crippen LogP contribution in [0.1, 0.15) is 18.4 Å². The summed E-state index contributed by atoms with van der Waals surface area (Å²) in [5.41, 5.74) is 5.62. The molecule has 7 heteroatoms. The molecule has 2 atom stereocenters. The number of halogens is 3. The van der Waals surface area contributed by atoms with E-state index in [4.69, 9.17) is 22.6 Å². The van der Waals surface area contributed by atoms with Gasteiger partial charge in [-0.25, -0.2) is 4.39 Å². The Morgan fingerprint density at radius 3 is 2.95 bits per heavy atom. The van der Waals surface area contributed by atoms with Gasteiger partial charge in [0, 0.05) is 24.7 Å². The van der Waals surface area contributed by atoms with Gasteiger partial charge in [-0.05, 0) is 40.0 Å². The van der Waals surface area contributed by atoms with E-state index in [1.54, 1.807) is 12.1 Å². The lowest BCUT2D eigenvalue weighted by atomic mass is 9.84. The number of nitrogens with zero attached hydrogens (tertiary/aromatic N) is 2. The van der Waals surface area contributed by atoms with E-state index in [9.17, 15) is 9.50 Å². The van der Waals surface area contributed by atoms with E-state index < -0.39 is 11.7 Å². The van der Waals surface area contributed by atoms with Crippen LogP contribution >= 0.6 is 27.5 Å². The highest BCUT2D eigenvalue weighted by Crippen LogP contribution is 2.32. The van der Waals surface area contributed by atoms with Gasteiger partial charge in [-0.15, -0.1) is 0 Å². The molecule has 1 aromatic rings. The maximum absolute atomic E-state index is 14.2. The molecule has 2 rings (SSSR count). The molecule has 21 heavy (non-hydrogen) atoms. The number of aromatic hydroxyl groups is 1. The van der Waals surface area contributed by atoms with Crippen molar-refractivity contribution < 1.29 is 9.50 Å². The zero-order chi connectivity index (χ0) is 15.6. The molecule has 1 aliphatic heterocycles. The maximum Gasteiger partial charge on any atom is 0.132 e. The molecule has 4 nitrogen and oxygen atoms in total. The van der Waals surface area contributed by atoms with E-state index in [0.717, 1.165) is 5.56 Å². The molecule has 0 spiro atoms. The lowest BCUT2D eigenvalue weighted by Gasteiger charge is -2.40. The van der Waals surface area contributed by atoms with Gasteiger partial charge in [0.05, 0.1) is 22.5 Å². The first-order chi connectivity index (χ1) is 9.85. The average molecular weight is 377 g/mol. The third kappa shape index (κ3) is 3.67. The average Bonchev–Trinajstić information content (AvgIpc) is 2.41. The summed E-state index contributed by atoms with van der Waals surface area (Å²) in [6.07, 6.45) is -0.822. The van der Waals surface area contributed by atoms with Crippen LogP contribution in [-0.4, -0.2) is 34.8 Å². The highest BCUT2D eigenvalue weighted by Gasteiger charge is 2.40. The molecule has 3 N–H and O–H groups in total. The molecule has 0 bridgehead atoms. The van der Waals surface area contributed by atoms with E-state index in [1.807, 2.05) is 11.0 Å². The van der Waals surface area contributed by atoms with Crippen LogP contribution in [0.5, 0.6) is 5.75 Å². The predicted molar refractivity (Wildman–Crippen MR) is 82.8 cm³/mol. The van der Waals surface area contributed by atoms with Crippen molar-refractivity contribution in [2.45, 2.75) is 31.1 Å². The summed E-state index contributed by atoms with van der Waals surface area (Å²) in [6.45, 7) is 1.18. The van der Waals surface area contributed by atoms with Crippen LogP contribution < -0.4 is 5.73 Å². The van der Waals surface area contributed by atoms with Crippen molar-refractivity contribution in [1.29, 1.82) is 5.26 Å². The number of nitrogens with two attached hydrogens (primary N) is 1. The lowest BCUT2D eigenvalue weighted by Crippen LogP contribution is -2.58. The Bertz CT molecular complexity index is 580. The van der Waals surface area contributed by atoms with Crippen molar-refractivity contribution in [1.82, 2.24) is 4.90 Å². The molecular weight excluding hydrogens is 361 g/mol. The molecule has 0 amide bonds. The van der Waals surface area contributed by atoms with Crippen LogP contribution in [0.15, 0.2) is 16.6 Å². The number of phenols is 1. The fourth-order valence-corrected chi connectivity index (χ4v) is 3.15. The van der Waals surface area contributed by atoms with Crippen molar-refractivity contribution in [2.24, 2.45) is 5.73 Å². The summed E-state index contributed by atoms with van der Waals surface area (Å²) >= 11 is 9.33. The van der Waals surface area contributed by atoms with Crippen LogP contribution in [-0.2, 0) is 6.54 Å². The van der Waals surface area contributed by atoms with Crippen molar-refractivity contribution in [3.05, 3.63) is 27.2 Å². The van der Waals surface area contributed by atoms with E-state index in [1.165, 1.54) is 0 Å². The zero-order valence-electron chi connectivity index (χ0n) is 11.3. The Hall–Kier alpha value is -0.870. The summed E-state index contributed by atoms with van der Waals surface area (Å²) in [5.74, 6) is 0.0980. The molecule has 1 aromatic carbocycles. The van der Waals surface area contributed by atoms with Crippen LogP contribution in [0.3, 0.4) is 0 Å². The number of benzene rings is 1. The SMILES string of the molecule is N#CCC1(N)CCN(Cc2cc(O)c(Br)cc2Cl)CC1F. The van der Waals surface area contributed by atoms with Crippen molar-refractivity contribution in [2.75, 3.05) is 13.1 Å². The number of nitriles is 1. The third-order valence-corrected chi connectivity index (χ3v) is 4.84. The molecule has 0 saturated carbocycles. The minimum atomic E-state index is -1.26. The van der Waals surface area contributed by atoms with Gasteiger partial charge in [0.25, 0.3) is 0 Å². The first kappa shape index (κ1) is 16.5. The van der Waals surface area contributed by atoms with Gasteiger partial charge in [-0.1, -0.05) is 11.6 Å². The summed E-state index contributed by atoms with van der Waals surface area (Å²) in [6, 6.07) is 5.14. The lowest BCUT2D eigenvalue weighted by molar-refractivity contribution is 0.0610. The maximum atomic E-state index is 14.2. The number of phenolic OH excluding ortho intramolecular Hbond substituents is 1. The van der Waals surface area contributed by atoms with Gasteiger partial charge in [0.15, 0.2) is 0 Å². The molecule has 0 aromatic heterocycles. The van der Waals surface area contributed by atoms with Crippen molar-refractivity contribution in [3.8, 4) is 11.8 Å². The molecule has 1 fully saturated rings. The molecule has 2 unspecified atom stereocenters. The fourth-order valence-electron chi connectivity index (χ4n) is 2.46. The van der Waals surface area contributed by atoms with E-state index in [-0.39, 0.29) is 18.7 Å². The topological polar surface area (TPSA) is 73.3 Å². The number of rotatable bonds is 3. The predicted octanol–water partition coefficient (Wildman–Crippen LogP) is 2.96. The van der Waals surface area contributed by atoms with E-state index >= 15 is 0 Å². The summed E-state index contributed by atoms with van der Waals surface area (Å²) < 4.78 is 14.7. The second-order valence-electron chi connectivity index (χ2n) is 5.42. The second-order valence-corrected chi connectivity index (χ2v) is 6.68. The molecule has 0 radical (unpaired) electrons. The molecular formula is C14H16BrClFN3O. The van der Waals surface area contributed by atoms with Crippen molar-refractivity contribution in [3.63, 3.8) is 0 Å². The molecule has 0 aliphatic carbocycles. The van der Waals surface area contributed by atoms with Gasteiger partial charge in [-0.3, -0.25) is 4.90 Å². The van der Waals surface area contributed by atoms with Crippen LogP contribution in [0.2, 0.25) is 5.02 Å². The van der Waals surface area contributed by atoms with Gasteiger partial charge >= 0.3 is 0 Å². The Kier molecular flexibility index (Phi) is 5.10. The number of hydrogen-bond acceptors (Lipinski definition) is 4. The largest absolute Gasteiger partial charge is 0.507 e. The smallest absolute Gasteiger partial charge is 0.132 e. The van der Waals surface area contributed by atoms with Gasteiger partial charge < -0.3 is 10.8 Å². The number of likely N-dealkylation sites (tertiary alicyclic amines) is 1. The van der Waals surface area contributed by atoms with E-state index in [2.05, 4.69) is 15.9 Å². The second kappa shape index (κ2) is 6.49. The van der Waals surface area contributed by atoms with E-state index in [0.29, 0.717) is 29.0 Å². The monoisotopic (exact) mass is 375 g/mol. The molecule has 1 heterocycles.